The van der Waals surface area contributed by atoms with Crippen LogP contribution in [0.15, 0.2) is 18.2 Å². The molecule has 0 spiro atoms. The molecule has 0 aromatic heterocycles. The first-order valence-electron chi connectivity index (χ1n) is 4.50. The molecule has 4 nitrogen and oxygen atoms in total. The number of esters is 2. The molecule has 1 saturated heterocycles. The van der Waals surface area contributed by atoms with Crippen molar-refractivity contribution >= 4 is 29.2 Å². The number of carbonyl (C=O) groups excluding carboxylic acids is 2. The smallest absolute Gasteiger partial charge is 0.333 e. The van der Waals surface area contributed by atoms with Crippen LogP contribution in [0.1, 0.15) is 0 Å². The van der Waals surface area contributed by atoms with Crippen molar-refractivity contribution in [3.8, 4) is 0 Å². The molecule has 0 aliphatic carbocycles. The Hall–Kier alpha value is -1.62. The average Bonchev–Trinajstić information content (AvgIpc) is 2.20. The second kappa shape index (κ2) is 4.09. The molecule has 1 heterocycles. The zero-order chi connectivity index (χ0) is 11.7. The second-order valence-corrected chi connectivity index (χ2v) is 3.71. The molecule has 0 bridgehead atoms. The van der Waals surface area contributed by atoms with E-state index in [4.69, 9.17) is 11.6 Å². The van der Waals surface area contributed by atoms with E-state index in [1.807, 2.05) is 0 Å². The number of anilines is 1. The van der Waals surface area contributed by atoms with Crippen LogP contribution in [-0.4, -0.2) is 25.0 Å². The quantitative estimate of drug-likeness (QED) is 0.552. The molecular weight excluding hydrogens is 237 g/mol. The Morgan fingerprint density at radius 2 is 1.88 bits per heavy atom. The Labute approximate surface area is 95.6 Å². The lowest BCUT2D eigenvalue weighted by atomic mass is 10.2. The number of rotatable bonds is 1. The van der Waals surface area contributed by atoms with Gasteiger partial charge in [0.1, 0.15) is 18.9 Å². The molecule has 0 N–H and O–H groups in total. The van der Waals surface area contributed by atoms with Gasteiger partial charge >= 0.3 is 11.9 Å². The Morgan fingerprint density at radius 1 is 1.25 bits per heavy atom. The predicted octanol–water partition coefficient (Wildman–Crippen LogP) is 1.37. The standard InChI is InChI=1S/C10H7ClFNO3/c11-7-3-6(1-2-8(7)12)13-4-9(14)16-10(15)5-13/h1-3H,4-5H2. The summed E-state index contributed by atoms with van der Waals surface area (Å²) in [5.74, 6) is -1.80. The third kappa shape index (κ3) is 2.14. The minimum Gasteiger partial charge on any atom is -0.390 e. The topological polar surface area (TPSA) is 46.6 Å². The van der Waals surface area contributed by atoms with Gasteiger partial charge in [0.15, 0.2) is 0 Å². The summed E-state index contributed by atoms with van der Waals surface area (Å²) in [5.41, 5.74) is 0.511. The summed E-state index contributed by atoms with van der Waals surface area (Å²) in [6.07, 6.45) is 0. The van der Waals surface area contributed by atoms with Crippen molar-refractivity contribution in [2.45, 2.75) is 0 Å². The van der Waals surface area contributed by atoms with Gasteiger partial charge in [-0.15, -0.1) is 0 Å². The minimum atomic E-state index is -0.628. The summed E-state index contributed by atoms with van der Waals surface area (Å²) in [6, 6.07) is 4.00. The highest BCUT2D eigenvalue weighted by molar-refractivity contribution is 6.31. The molecular formula is C10H7ClFNO3. The summed E-state index contributed by atoms with van der Waals surface area (Å²) in [4.78, 5) is 23.5. The van der Waals surface area contributed by atoms with Gasteiger partial charge in [-0.05, 0) is 18.2 Å². The molecule has 16 heavy (non-hydrogen) atoms. The lowest BCUT2D eigenvalue weighted by Gasteiger charge is -2.26. The molecule has 0 amide bonds. The van der Waals surface area contributed by atoms with E-state index in [1.54, 1.807) is 0 Å². The van der Waals surface area contributed by atoms with E-state index >= 15 is 0 Å². The van der Waals surface area contributed by atoms with Crippen LogP contribution in [-0.2, 0) is 14.3 Å². The molecule has 1 aliphatic rings. The summed E-state index contributed by atoms with van der Waals surface area (Å²) < 4.78 is 17.3. The molecule has 84 valence electrons. The fourth-order valence-electron chi connectivity index (χ4n) is 1.42. The number of nitrogens with zero attached hydrogens (tertiary/aromatic N) is 1. The molecule has 1 fully saturated rings. The zero-order valence-corrected chi connectivity index (χ0v) is 8.83. The molecule has 0 saturated carbocycles. The van der Waals surface area contributed by atoms with Crippen LogP contribution in [0.25, 0.3) is 0 Å². The van der Waals surface area contributed by atoms with Crippen LogP contribution in [0, 0.1) is 5.82 Å². The highest BCUT2D eigenvalue weighted by atomic mass is 35.5. The first-order valence-corrected chi connectivity index (χ1v) is 4.87. The van der Waals surface area contributed by atoms with Crippen molar-refractivity contribution < 1.29 is 18.7 Å². The lowest BCUT2D eigenvalue weighted by Crippen LogP contribution is -2.42. The highest BCUT2D eigenvalue weighted by Gasteiger charge is 2.25. The Morgan fingerprint density at radius 3 is 2.44 bits per heavy atom. The first kappa shape index (κ1) is 10.9. The van der Waals surface area contributed by atoms with Crippen molar-refractivity contribution in [2.75, 3.05) is 18.0 Å². The van der Waals surface area contributed by atoms with Crippen molar-refractivity contribution in [3.63, 3.8) is 0 Å². The van der Waals surface area contributed by atoms with Crippen LogP contribution in [0.4, 0.5) is 10.1 Å². The monoisotopic (exact) mass is 243 g/mol. The summed E-state index contributed by atoms with van der Waals surface area (Å²) in [7, 11) is 0. The Kier molecular flexibility index (Phi) is 2.78. The van der Waals surface area contributed by atoms with Gasteiger partial charge in [0, 0.05) is 5.69 Å². The number of carbonyl (C=O) groups is 2. The third-order valence-electron chi connectivity index (χ3n) is 2.14. The largest absolute Gasteiger partial charge is 0.390 e. The lowest BCUT2D eigenvalue weighted by molar-refractivity contribution is -0.160. The molecule has 0 atom stereocenters. The van der Waals surface area contributed by atoms with Gasteiger partial charge in [-0.3, -0.25) is 0 Å². The number of cyclic esters (lactones) is 2. The van der Waals surface area contributed by atoms with Crippen molar-refractivity contribution in [2.24, 2.45) is 0 Å². The summed E-state index contributed by atoms with van der Waals surface area (Å²) in [5, 5.41) is -0.0520. The fourth-order valence-corrected chi connectivity index (χ4v) is 1.60. The van der Waals surface area contributed by atoms with Gasteiger partial charge < -0.3 is 9.64 Å². The van der Waals surface area contributed by atoms with E-state index < -0.39 is 17.8 Å². The van der Waals surface area contributed by atoms with Crippen molar-refractivity contribution in [1.82, 2.24) is 0 Å². The molecule has 6 heteroatoms. The maximum atomic E-state index is 12.9. The average molecular weight is 244 g/mol. The predicted molar refractivity (Wildman–Crippen MR) is 54.7 cm³/mol. The van der Waals surface area contributed by atoms with Crippen LogP contribution in [0.3, 0.4) is 0 Å². The maximum Gasteiger partial charge on any atom is 0.333 e. The van der Waals surface area contributed by atoms with Gasteiger partial charge in [0.05, 0.1) is 5.02 Å². The van der Waals surface area contributed by atoms with Crippen molar-refractivity contribution in [3.05, 3.63) is 29.0 Å². The molecule has 1 aromatic carbocycles. The highest BCUT2D eigenvalue weighted by Crippen LogP contribution is 2.23. The molecule has 0 unspecified atom stereocenters. The minimum absolute atomic E-state index is 0.0479. The number of benzene rings is 1. The Balaban J connectivity index is 2.26. The van der Waals surface area contributed by atoms with Gasteiger partial charge in [-0.2, -0.15) is 0 Å². The number of hydrogen-bond donors (Lipinski definition) is 0. The van der Waals surface area contributed by atoms with Gasteiger partial charge in [-0.1, -0.05) is 11.6 Å². The maximum absolute atomic E-state index is 12.9. The van der Waals surface area contributed by atoms with Crippen LogP contribution >= 0.6 is 11.6 Å². The van der Waals surface area contributed by atoms with Crippen LogP contribution in [0.2, 0.25) is 5.02 Å². The number of ether oxygens (including phenoxy) is 1. The molecule has 0 radical (unpaired) electrons. The van der Waals surface area contributed by atoms with Crippen LogP contribution in [0.5, 0.6) is 0 Å². The zero-order valence-electron chi connectivity index (χ0n) is 8.07. The molecule has 1 aromatic rings. The van der Waals surface area contributed by atoms with E-state index in [9.17, 15) is 14.0 Å². The number of halogens is 2. The SMILES string of the molecule is O=C1CN(c2ccc(F)c(Cl)c2)CC(=O)O1. The van der Waals surface area contributed by atoms with Crippen molar-refractivity contribution in [1.29, 1.82) is 0 Å². The van der Waals surface area contributed by atoms with E-state index in [-0.39, 0.29) is 18.1 Å². The van der Waals surface area contributed by atoms with Crippen LogP contribution < -0.4 is 4.90 Å². The molecule has 1 aliphatic heterocycles. The number of morpholine rings is 1. The first-order chi connectivity index (χ1) is 7.56. The number of hydrogen-bond acceptors (Lipinski definition) is 4. The Bertz CT molecular complexity index is 447. The van der Waals surface area contributed by atoms with E-state index in [0.717, 1.165) is 0 Å². The third-order valence-corrected chi connectivity index (χ3v) is 2.43. The second-order valence-electron chi connectivity index (χ2n) is 3.30. The van der Waals surface area contributed by atoms with E-state index in [0.29, 0.717) is 5.69 Å². The van der Waals surface area contributed by atoms with E-state index in [2.05, 4.69) is 4.74 Å². The molecule has 2 rings (SSSR count). The van der Waals surface area contributed by atoms with Gasteiger partial charge in [0.25, 0.3) is 0 Å². The summed E-state index contributed by atoms with van der Waals surface area (Å²) in [6.45, 7) is -0.0958. The van der Waals surface area contributed by atoms with Gasteiger partial charge in [0.2, 0.25) is 0 Å². The normalized spacial score (nSPS) is 16.2. The fraction of sp³-hybridized carbons (Fsp3) is 0.200. The van der Waals surface area contributed by atoms with E-state index in [1.165, 1.54) is 23.1 Å². The van der Waals surface area contributed by atoms with Gasteiger partial charge in [-0.25, -0.2) is 14.0 Å². The summed E-state index contributed by atoms with van der Waals surface area (Å²) >= 11 is 5.60.